The van der Waals surface area contributed by atoms with Gasteiger partial charge < -0.3 is 4.90 Å². The van der Waals surface area contributed by atoms with Crippen LogP contribution in [0.3, 0.4) is 0 Å². The number of nitrogens with zero attached hydrogens (tertiary/aromatic N) is 5. The zero-order valence-corrected chi connectivity index (χ0v) is 20.7. The highest BCUT2D eigenvalue weighted by molar-refractivity contribution is 7.89. The average Bonchev–Trinajstić information content (AvgIpc) is 3.22. The molecule has 2 saturated heterocycles. The molecule has 0 aliphatic carbocycles. The van der Waals surface area contributed by atoms with Crippen molar-refractivity contribution >= 4 is 15.9 Å². The topological polar surface area (TPSA) is 78.8 Å². The van der Waals surface area contributed by atoms with Gasteiger partial charge in [-0.3, -0.25) is 14.4 Å². The van der Waals surface area contributed by atoms with E-state index in [2.05, 4.69) is 41.2 Å². The maximum Gasteiger partial charge on any atom is 0.246 e. The Hall–Kier alpha value is -2.23. The molecule has 1 unspecified atom stereocenters. The van der Waals surface area contributed by atoms with Crippen LogP contribution in [-0.2, 0) is 27.9 Å². The van der Waals surface area contributed by atoms with Crippen LogP contribution in [0.5, 0.6) is 0 Å². The number of hydrogen-bond donors (Lipinski definition) is 0. The Morgan fingerprint density at radius 3 is 2.39 bits per heavy atom. The minimum absolute atomic E-state index is 0.0888. The van der Waals surface area contributed by atoms with Crippen molar-refractivity contribution in [2.45, 2.75) is 51.6 Å². The first-order valence-electron chi connectivity index (χ1n) is 11.9. The molecule has 2 aliphatic heterocycles. The first kappa shape index (κ1) is 23.9. The molecule has 9 heteroatoms. The van der Waals surface area contributed by atoms with E-state index in [1.54, 1.807) is 17.8 Å². The van der Waals surface area contributed by atoms with Gasteiger partial charge in [-0.2, -0.15) is 9.40 Å². The molecule has 180 valence electrons. The van der Waals surface area contributed by atoms with Crippen molar-refractivity contribution in [2.24, 2.45) is 5.92 Å². The number of piperidine rings is 1. The van der Waals surface area contributed by atoms with Crippen molar-refractivity contribution in [1.82, 2.24) is 23.9 Å². The molecule has 1 aromatic heterocycles. The van der Waals surface area contributed by atoms with Crippen molar-refractivity contribution in [3.63, 3.8) is 0 Å². The molecule has 0 spiro atoms. The van der Waals surface area contributed by atoms with Crippen molar-refractivity contribution in [3.05, 3.63) is 47.3 Å². The van der Waals surface area contributed by atoms with Crippen LogP contribution < -0.4 is 0 Å². The molecule has 2 fully saturated rings. The average molecular weight is 474 g/mol. The number of aromatic nitrogens is 2. The molecule has 0 saturated carbocycles. The highest BCUT2D eigenvalue weighted by atomic mass is 32.2. The quantitative estimate of drug-likeness (QED) is 0.643. The lowest BCUT2D eigenvalue weighted by molar-refractivity contribution is -0.138. The van der Waals surface area contributed by atoms with Crippen LogP contribution in [0.4, 0.5) is 0 Å². The number of aryl methyl sites for hydroxylation is 3. The van der Waals surface area contributed by atoms with Gasteiger partial charge in [0, 0.05) is 58.6 Å². The molecule has 1 aromatic carbocycles. The van der Waals surface area contributed by atoms with Crippen molar-refractivity contribution in [1.29, 1.82) is 0 Å². The van der Waals surface area contributed by atoms with E-state index in [4.69, 9.17) is 0 Å². The number of sulfonamides is 1. The number of benzene rings is 1. The third kappa shape index (κ3) is 5.31. The summed E-state index contributed by atoms with van der Waals surface area (Å²) < 4.78 is 29.6. The maximum atomic E-state index is 13.3. The molecule has 8 nitrogen and oxygen atoms in total. The van der Waals surface area contributed by atoms with Crippen LogP contribution in [0.15, 0.2) is 35.4 Å². The Bertz CT molecular complexity index is 1070. The van der Waals surface area contributed by atoms with Crippen molar-refractivity contribution in [3.8, 4) is 0 Å². The highest BCUT2D eigenvalue weighted by Crippen LogP contribution is 2.27. The summed E-state index contributed by atoms with van der Waals surface area (Å²) >= 11 is 0. The van der Waals surface area contributed by atoms with Gasteiger partial charge in [-0.05, 0) is 39.2 Å². The Morgan fingerprint density at radius 1 is 1.06 bits per heavy atom. The van der Waals surface area contributed by atoms with E-state index in [1.807, 2.05) is 11.8 Å². The van der Waals surface area contributed by atoms with E-state index < -0.39 is 10.0 Å². The number of amides is 1. The first-order valence-corrected chi connectivity index (χ1v) is 13.3. The first-order chi connectivity index (χ1) is 15.8. The number of rotatable bonds is 6. The molecule has 1 atom stereocenters. The van der Waals surface area contributed by atoms with Gasteiger partial charge in [0.15, 0.2) is 0 Å². The van der Waals surface area contributed by atoms with Crippen LogP contribution in [0.2, 0.25) is 0 Å². The largest absolute Gasteiger partial charge is 0.340 e. The predicted octanol–water partition coefficient (Wildman–Crippen LogP) is 2.26. The minimum atomic E-state index is -3.65. The number of carbonyl (C=O) groups is 1. The molecular weight excluding hydrogens is 438 g/mol. The van der Waals surface area contributed by atoms with Gasteiger partial charge in [-0.15, -0.1) is 0 Å². The molecule has 0 bridgehead atoms. The van der Waals surface area contributed by atoms with E-state index >= 15 is 0 Å². The second kappa shape index (κ2) is 9.95. The molecule has 0 N–H and O–H groups in total. The minimum Gasteiger partial charge on any atom is -0.340 e. The third-order valence-corrected chi connectivity index (χ3v) is 8.76. The summed E-state index contributed by atoms with van der Waals surface area (Å²) in [5.74, 6) is -0.190. The molecule has 3 heterocycles. The Morgan fingerprint density at radius 2 is 1.76 bits per heavy atom. The maximum absolute atomic E-state index is 13.3. The second-order valence-electron chi connectivity index (χ2n) is 9.22. The molecule has 2 aromatic rings. The third-order valence-electron chi connectivity index (χ3n) is 6.79. The van der Waals surface area contributed by atoms with Gasteiger partial charge in [0.25, 0.3) is 0 Å². The normalized spacial score (nSPS) is 20.8. The second-order valence-corrected chi connectivity index (χ2v) is 11.1. The Balaban J connectivity index is 1.35. The van der Waals surface area contributed by atoms with E-state index in [1.165, 1.54) is 15.4 Å². The summed E-state index contributed by atoms with van der Waals surface area (Å²) in [6, 6.07) is 8.59. The predicted molar refractivity (Wildman–Crippen MR) is 127 cm³/mol. The Labute approximate surface area is 197 Å². The van der Waals surface area contributed by atoms with Crippen LogP contribution >= 0.6 is 0 Å². The van der Waals surface area contributed by atoms with Gasteiger partial charge in [0.05, 0.1) is 11.6 Å². The van der Waals surface area contributed by atoms with Crippen LogP contribution in [0.25, 0.3) is 0 Å². The molecule has 1 amide bonds. The van der Waals surface area contributed by atoms with Gasteiger partial charge in [0.2, 0.25) is 15.9 Å². The zero-order valence-electron chi connectivity index (χ0n) is 19.9. The summed E-state index contributed by atoms with van der Waals surface area (Å²) in [6.07, 6.45) is 3.04. The fourth-order valence-electron chi connectivity index (χ4n) is 4.75. The summed E-state index contributed by atoms with van der Waals surface area (Å²) in [4.78, 5) is 17.8. The van der Waals surface area contributed by atoms with Gasteiger partial charge in [-0.1, -0.05) is 29.8 Å². The number of piperazine rings is 1. The van der Waals surface area contributed by atoms with Crippen molar-refractivity contribution in [2.75, 3.05) is 39.3 Å². The summed E-state index contributed by atoms with van der Waals surface area (Å²) in [7, 11) is -3.65. The fourth-order valence-corrected chi connectivity index (χ4v) is 6.45. The van der Waals surface area contributed by atoms with Crippen LogP contribution in [-0.4, -0.2) is 77.5 Å². The van der Waals surface area contributed by atoms with Gasteiger partial charge in [0.1, 0.15) is 4.90 Å². The molecule has 4 rings (SSSR count). The zero-order chi connectivity index (χ0) is 23.6. The molecule has 33 heavy (non-hydrogen) atoms. The lowest BCUT2D eigenvalue weighted by Gasteiger charge is -2.38. The molecule has 0 radical (unpaired) electrons. The monoisotopic (exact) mass is 473 g/mol. The summed E-state index contributed by atoms with van der Waals surface area (Å²) in [6.45, 7) is 11.0. The Kier molecular flexibility index (Phi) is 7.21. The highest BCUT2D eigenvalue weighted by Gasteiger charge is 2.37. The van der Waals surface area contributed by atoms with Gasteiger partial charge >= 0.3 is 0 Å². The standard InChI is InChI=1S/C24H35N5O3S/c1-4-28-18-23(20(3)25-28)33(31,32)29-11-5-6-22(17-29)24(30)27-14-12-26(13-15-27)16-21-9-7-19(2)8-10-21/h7-10,18,22H,4-6,11-17H2,1-3H3. The van der Waals surface area contributed by atoms with E-state index in [-0.39, 0.29) is 23.3 Å². The number of hydrogen-bond acceptors (Lipinski definition) is 5. The summed E-state index contributed by atoms with van der Waals surface area (Å²) in [5, 5.41) is 4.29. The molecular formula is C24H35N5O3S. The van der Waals surface area contributed by atoms with E-state index in [0.29, 0.717) is 38.3 Å². The number of carbonyl (C=O) groups excluding carboxylic acids is 1. The van der Waals surface area contributed by atoms with Crippen LogP contribution in [0.1, 0.15) is 36.6 Å². The van der Waals surface area contributed by atoms with E-state index in [9.17, 15) is 13.2 Å². The summed E-state index contributed by atoms with van der Waals surface area (Å²) in [5.41, 5.74) is 3.05. The molecule has 2 aliphatic rings. The SMILES string of the molecule is CCn1cc(S(=O)(=O)N2CCCC(C(=O)N3CCN(Cc4ccc(C)cc4)CC3)C2)c(C)n1. The van der Waals surface area contributed by atoms with Crippen molar-refractivity contribution < 1.29 is 13.2 Å². The van der Waals surface area contributed by atoms with E-state index in [0.717, 1.165) is 26.1 Å². The lowest BCUT2D eigenvalue weighted by Crippen LogP contribution is -2.52. The van der Waals surface area contributed by atoms with Gasteiger partial charge in [-0.25, -0.2) is 8.42 Å². The smallest absolute Gasteiger partial charge is 0.246 e. The fraction of sp³-hybridized carbons (Fsp3) is 0.583. The van der Waals surface area contributed by atoms with Crippen LogP contribution in [0, 0.1) is 19.8 Å². The lowest BCUT2D eigenvalue weighted by atomic mass is 9.97.